The zero-order valence-corrected chi connectivity index (χ0v) is 19.6. The first-order valence-corrected chi connectivity index (χ1v) is 11.9. The number of aryl methyl sites for hydroxylation is 2. The Labute approximate surface area is 202 Å². The highest BCUT2D eigenvalue weighted by Crippen LogP contribution is 2.31. The van der Waals surface area contributed by atoms with Crippen molar-refractivity contribution in [3.8, 4) is 11.4 Å². The smallest absolute Gasteiger partial charge is 0.275 e. The Morgan fingerprint density at radius 2 is 1.94 bits per heavy atom. The van der Waals surface area contributed by atoms with Crippen molar-refractivity contribution in [3.05, 3.63) is 70.3 Å². The fourth-order valence-corrected chi connectivity index (χ4v) is 4.65. The molecule has 1 fully saturated rings. The number of carbonyl (C=O) groups is 1. The molecule has 1 aliphatic rings. The topological polar surface area (TPSA) is 135 Å². The summed E-state index contributed by atoms with van der Waals surface area (Å²) >= 11 is 0. The largest absolute Gasteiger partial charge is 0.383 e. The lowest BCUT2D eigenvalue weighted by molar-refractivity contribution is -0.132. The van der Waals surface area contributed by atoms with Crippen LogP contribution >= 0.6 is 0 Å². The van der Waals surface area contributed by atoms with Gasteiger partial charge in [0.1, 0.15) is 17.2 Å². The molecule has 0 bridgehead atoms. The Balaban J connectivity index is 1.16. The minimum absolute atomic E-state index is 0.137. The molecule has 1 amide bonds. The van der Waals surface area contributed by atoms with Crippen molar-refractivity contribution in [2.24, 2.45) is 0 Å². The number of rotatable bonds is 6. The Bertz CT molecular complexity index is 1400. The summed E-state index contributed by atoms with van der Waals surface area (Å²) in [6.07, 6.45) is 8.53. The zero-order chi connectivity index (χ0) is 24.4. The lowest BCUT2D eigenvalue weighted by Crippen LogP contribution is -2.37. The van der Waals surface area contributed by atoms with Crippen molar-refractivity contribution in [2.75, 3.05) is 18.8 Å². The van der Waals surface area contributed by atoms with Crippen molar-refractivity contribution in [2.45, 2.75) is 44.9 Å². The van der Waals surface area contributed by atoms with Crippen LogP contribution in [0.2, 0.25) is 0 Å². The van der Waals surface area contributed by atoms with Gasteiger partial charge in [0.05, 0.1) is 5.56 Å². The number of nitrogens with two attached hydrogens (primary N) is 1. The van der Waals surface area contributed by atoms with E-state index < -0.39 is 0 Å². The first-order valence-electron chi connectivity index (χ1n) is 11.9. The lowest BCUT2D eigenvalue weighted by Gasteiger charge is -2.32. The average Bonchev–Trinajstić information content (AvgIpc) is 3.26. The van der Waals surface area contributed by atoms with Gasteiger partial charge < -0.3 is 15.6 Å². The number of carbonyl (C=O) groups excluding carboxylic acids is 1. The molecule has 0 aromatic carbocycles. The minimum atomic E-state index is -0.157. The number of H-pyrrole nitrogens is 1. The number of pyridine rings is 1. The maximum Gasteiger partial charge on any atom is 0.275 e. The number of nitrogens with one attached hydrogen (secondary N) is 1. The molecule has 0 atom stereocenters. The van der Waals surface area contributed by atoms with Crippen molar-refractivity contribution >= 4 is 17.2 Å². The van der Waals surface area contributed by atoms with Gasteiger partial charge in [0, 0.05) is 50.2 Å². The summed E-state index contributed by atoms with van der Waals surface area (Å²) in [7, 11) is 0. The van der Waals surface area contributed by atoms with Gasteiger partial charge in [0.2, 0.25) is 5.91 Å². The molecular formula is C25H28N8O2. The van der Waals surface area contributed by atoms with Gasteiger partial charge >= 0.3 is 0 Å². The van der Waals surface area contributed by atoms with Crippen LogP contribution in [0.3, 0.4) is 0 Å². The molecule has 10 nitrogen and oxygen atoms in total. The van der Waals surface area contributed by atoms with Gasteiger partial charge in [-0.15, -0.1) is 0 Å². The molecule has 0 saturated carbocycles. The second-order valence-corrected chi connectivity index (χ2v) is 8.96. The fraction of sp³-hybridized carbons (Fsp3) is 0.360. The standard InChI is InChI=1S/C25H28N8O2/c1-16-6-7-20-25(35)30-21(31-33(16)20)4-2-5-22(34)32-12-8-17(9-13-32)18-14-19(23(26)29-15-18)24-27-10-3-11-28-24/h3,6-7,10-11,14-15,17H,2,4-5,8-9,12-13H2,1H3,(H2,26,29)(H,30,31,35). The first-order chi connectivity index (χ1) is 17.0. The minimum Gasteiger partial charge on any atom is -0.383 e. The van der Waals surface area contributed by atoms with Crippen LogP contribution in [0.1, 0.15) is 48.7 Å². The molecule has 0 radical (unpaired) electrons. The summed E-state index contributed by atoms with van der Waals surface area (Å²) in [5, 5.41) is 4.50. The van der Waals surface area contributed by atoms with E-state index in [1.807, 2.05) is 30.2 Å². The highest BCUT2D eigenvalue weighted by molar-refractivity contribution is 5.76. The molecule has 180 valence electrons. The third-order valence-electron chi connectivity index (χ3n) is 6.63. The lowest BCUT2D eigenvalue weighted by atomic mass is 9.89. The second-order valence-electron chi connectivity index (χ2n) is 8.96. The fourth-order valence-electron chi connectivity index (χ4n) is 4.65. The summed E-state index contributed by atoms with van der Waals surface area (Å²) < 4.78 is 1.65. The van der Waals surface area contributed by atoms with Gasteiger partial charge in [-0.05, 0) is 61.9 Å². The van der Waals surface area contributed by atoms with Gasteiger partial charge in [-0.1, -0.05) is 0 Å². The Hall–Kier alpha value is -4.08. The molecule has 4 aromatic heterocycles. The molecule has 4 aromatic rings. The predicted octanol–water partition coefficient (Wildman–Crippen LogP) is 2.49. The Morgan fingerprint density at radius 1 is 1.17 bits per heavy atom. The van der Waals surface area contributed by atoms with Gasteiger partial charge in [0.15, 0.2) is 5.82 Å². The maximum absolute atomic E-state index is 12.8. The number of anilines is 1. The van der Waals surface area contributed by atoms with Crippen LogP contribution in [0.25, 0.3) is 16.9 Å². The van der Waals surface area contributed by atoms with Gasteiger partial charge in [-0.25, -0.2) is 19.5 Å². The maximum atomic E-state index is 12.8. The number of nitrogens with zero attached hydrogens (tertiary/aromatic N) is 6. The molecule has 10 heteroatoms. The van der Waals surface area contributed by atoms with E-state index >= 15 is 0 Å². The molecular weight excluding hydrogens is 444 g/mol. The summed E-state index contributed by atoms with van der Waals surface area (Å²) in [6.45, 7) is 3.32. The quantitative estimate of drug-likeness (QED) is 0.440. The third-order valence-corrected chi connectivity index (χ3v) is 6.63. The number of hydrogen-bond acceptors (Lipinski definition) is 7. The van der Waals surface area contributed by atoms with E-state index in [9.17, 15) is 9.59 Å². The summed E-state index contributed by atoms with van der Waals surface area (Å²) in [6, 6.07) is 7.41. The van der Waals surface area contributed by atoms with E-state index in [4.69, 9.17) is 5.73 Å². The summed E-state index contributed by atoms with van der Waals surface area (Å²) in [5.74, 6) is 2.02. The SMILES string of the molecule is Cc1ccc2c(=O)[nH]c(CCCC(=O)N3CCC(c4cnc(N)c(-c5ncccn5)c4)CC3)nn12. The zero-order valence-electron chi connectivity index (χ0n) is 19.6. The number of nitrogen functional groups attached to an aromatic ring is 1. The highest BCUT2D eigenvalue weighted by atomic mass is 16.2. The number of hydrogen-bond donors (Lipinski definition) is 2. The number of piperidine rings is 1. The molecule has 0 aliphatic carbocycles. The van der Waals surface area contributed by atoms with E-state index in [1.54, 1.807) is 29.0 Å². The number of likely N-dealkylation sites (tertiary alicyclic amines) is 1. The third kappa shape index (κ3) is 4.77. The van der Waals surface area contributed by atoms with Crippen molar-refractivity contribution in [3.63, 3.8) is 0 Å². The molecule has 3 N–H and O–H groups in total. The van der Waals surface area contributed by atoms with Gasteiger partial charge in [-0.2, -0.15) is 5.10 Å². The van der Waals surface area contributed by atoms with Crippen LogP contribution in [-0.4, -0.2) is 53.4 Å². The van der Waals surface area contributed by atoms with Gasteiger partial charge in [-0.3, -0.25) is 9.59 Å². The number of amides is 1. The Kier molecular flexibility index (Phi) is 6.26. The normalized spacial score (nSPS) is 14.5. The predicted molar refractivity (Wildman–Crippen MR) is 132 cm³/mol. The average molecular weight is 473 g/mol. The van der Waals surface area contributed by atoms with E-state index in [1.165, 1.54) is 0 Å². The van der Waals surface area contributed by atoms with E-state index in [0.717, 1.165) is 29.7 Å². The second kappa shape index (κ2) is 9.65. The number of aromatic nitrogens is 6. The van der Waals surface area contributed by atoms with E-state index in [0.29, 0.717) is 61.3 Å². The van der Waals surface area contributed by atoms with Gasteiger partial charge in [0.25, 0.3) is 5.56 Å². The van der Waals surface area contributed by atoms with Crippen LogP contribution in [-0.2, 0) is 11.2 Å². The van der Waals surface area contributed by atoms with Crippen LogP contribution in [0.5, 0.6) is 0 Å². The van der Waals surface area contributed by atoms with E-state index in [2.05, 4.69) is 25.0 Å². The monoisotopic (exact) mass is 472 g/mol. The Morgan fingerprint density at radius 3 is 2.71 bits per heavy atom. The molecule has 0 unspecified atom stereocenters. The van der Waals surface area contributed by atoms with Crippen molar-refractivity contribution in [1.82, 2.24) is 34.4 Å². The molecule has 5 heterocycles. The van der Waals surface area contributed by atoms with Crippen LogP contribution in [0.15, 0.2) is 47.7 Å². The first kappa shape index (κ1) is 22.7. The summed E-state index contributed by atoms with van der Waals surface area (Å²) in [5.41, 5.74) is 9.19. The molecule has 1 aliphatic heterocycles. The molecule has 0 spiro atoms. The van der Waals surface area contributed by atoms with Crippen LogP contribution < -0.4 is 11.3 Å². The van der Waals surface area contributed by atoms with Crippen LogP contribution in [0, 0.1) is 6.92 Å². The van der Waals surface area contributed by atoms with E-state index in [-0.39, 0.29) is 11.5 Å². The summed E-state index contributed by atoms with van der Waals surface area (Å²) in [4.78, 5) is 42.7. The van der Waals surface area contributed by atoms with Crippen molar-refractivity contribution < 1.29 is 4.79 Å². The highest BCUT2D eigenvalue weighted by Gasteiger charge is 2.24. The number of fused-ring (bicyclic) bond motifs is 1. The number of aromatic amines is 1. The molecule has 35 heavy (non-hydrogen) atoms. The molecule has 5 rings (SSSR count). The molecule has 1 saturated heterocycles. The van der Waals surface area contributed by atoms with Crippen LogP contribution in [0.4, 0.5) is 5.82 Å². The van der Waals surface area contributed by atoms with Crippen molar-refractivity contribution in [1.29, 1.82) is 0 Å².